The van der Waals surface area contributed by atoms with Crippen LogP contribution in [0.15, 0.2) is 18.3 Å². The Balaban J connectivity index is 2.56. The van der Waals surface area contributed by atoms with Gasteiger partial charge >= 0.3 is 0 Å². The highest BCUT2D eigenvalue weighted by molar-refractivity contribution is 6.48. The second-order valence-corrected chi connectivity index (χ2v) is 5.21. The Morgan fingerprint density at radius 3 is 2.70 bits per heavy atom. The Labute approximate surface area is 131 Å². The zero-order valence-electron chi connectivity index (χ0n) is 10.6. The molecule has 0 saturated carbocycles. The van der Waals surface area contributed by atoms with Gasteiger partial charge in [-0.15, -0.1) is 0 Å². The molecule has 0 unspecified atom stereocenters. The lowest BCUT2D eigenvalue weighted by Gasteiger charge is -2.12. The summed E-state index contributed by atoms with van der Waals surface area (Å²) in [6.07, 6.45) is 2.40. The smallest absolute Gasteiger partial charge is 0.147 e. The summed E-state index contributed by atoms with van der Waals surface area (Å²) >= 11 is 18.2. The number of nitrogens with one attached hydrogen (secondary N) is 1. The molecule has 7 heteroatoms. The van der Waals surface area contributed by atoms with Gasteiger partial charge < -0.3 is 5.32 Å². The number of halogens is 3. The van der Waals surface area contributed by atoms with Crippen LogP contribution >= 0.6 is 34.8 Å². The largest absolute Gasteiger partial charge is 0.369 e. The number of anilines is 1. The average Bonchev–Trinajstić information content (AvgIpc) is 2.85. The van der Waals surface area contributed by atoms with Crippen molar-refractivity contribution >= 4 is 40.6 Å². The monoisotopic (exact) mass is 328 g/mol. The predicted molar refractivity (Wildman–Crippen MR) is 82.1 cm³/mol. The summed E-state index contributed by atoms with van der Waals surface area (Å²) in [6, 6.07) is 5.44. The average molecular weight is 330 g/mol. The molecule has 2 rings (SSSR count). The molecule has 1 aromatic heterocycles. The third-order valence-corrected chi connectivity index (χ3v) is 3.96. The number of nitriles is 1. The molecule has 0 amide bonds. The Morgan fingerprint density at radius 2 is 2.05 bits per heavy atom. The highest BCUT2D eigenvalue weighted by atomic mass is 35.5. The van der Waals surface area contributed by atoms with Gasteiger partial charge in [0.1, 0.15) is 17.5 Å². The second-order valence-electron chi connectivity index (χ2n) is 4.05. The quantitative estimate of drug-likeness (QED) is 0.839. The van der Waals surface area contributed by atoms with Crippen molar-refractivity contribution in [3.8, 4) is 11.8 Å². The van der Waals surface area contributed by atoms with Crippen molar-refractivity contribution in [2.45, 2.75) is 13.3 Å². The third-order valence-electron chi connectivity index (χ3n) is 2.68. The van der Waals surface area contributed by atoms with Gasteiger partial charge in [0, 0.05) is 6.54 Å². The van der Waals surface area contributed by atoms with E-state index in [1.54, 1.807) is 16.8 Å². The predicted octanol–water partition coefficient (Wildman–Crippen LogP) is 4.53. The van der Waals surface area contributed by atoms with Crippen LogP contribution in [0, 0.1) is 11.3 Å². The molecule has 2 aromatic rings. The molecule has 0 radical (unpaired) electrons. The highest BCUT2D eigenvalue weighted by Gasteiger charge is 2.16. The first-order chi connectivity index (χ1) is 9.60. The zero-order valence-corrected chi connectivity index (χ0v) is 12.9. The molecule has 0 saturated heterocycles. The van der Waals surface area contributed by atoms with Gasteiger partial charge in [-0.2, -0.15) is 10.4 Å². The van der Waals surface area contributed by atoms with Crippen LogP contribution in [-0.4, -0.2) is 16.3 Å². The lowest BCUT2D eigenvalue weighted by Crippen LogP contribution is -2.08. The molecule has 4 nitrogen and oxygen atoms in total. The van der Waals surface area contributed by atoms with Crippen LogP contribution in [0.4, 0.5) is 5.82 Å². The van der Waals surface area contributed by atoms with Crippen molar-refractivity contribution in [1.29, 1.82) is 5.26 Å². The Bertz CT molecular complexity index is 673. The van der Waals surface area contributed by atoms with E-state index in [0.29, 0.717) is 27.1 Å². The number of benzene rings is 1. The molecule has 0 fully saturated rings. The van der Waals surface area contributed by atoms with Crippen LogP contribution in [0.25, 0.3) is 5.69 Å². The van der Waals surface area contributed by atoms with E-state index < -0.39 is 0 Å². The topological polar surface area (TPSA) is 53.6 Å². The SMILES string of the molecule is CCCNc1c(C#N)cnn1-c1ccc(Cl)c(Cl)c1Cl. The molecule has 1 N–H and O–H groups in total. The van der Waals surface area contributed by atoms with Crippen molar-refractivity contribution in [1.82, 2.24) is 9.78 Å². The van der Waals surface area contributed by atoms with Crippen LogP contribution < -0.4 is 5.32 Å². The summed E-state index contributed by atoms with van der Waals surface area (Å²) in [7, 11) is 0. The number of rotatable bonds is 4. The molecule has 20 heavy (non-hydrogen) atoms. The molecule has 0 atom stereocenters. The van der Waals surface area contributed by atoms with Crippen molar-refractivity contribution in [3.05, 3.63) is 39.0 Å². The lowest BCUT2D eigenvalue weighted by molar-refractivity contribution is 0.865. The van der Waals surface area contributed by atoms with Gasteiger partial charge in [-0.25, -0.2) is 4.68 Å². The molecule has 0 aliphatic rings. The Morgan fingerprint density at radius 1 is 1.30 bits per heavy atom. The maximum absolute atomic E-state index is 9.12. The summed E-state index contributed by atoms with van der Waals surface area (Å²) in [4.78, 5) is 0. The van der Waals surface area contributed by atoms with Gasteiger partial charge in [-0.3, -0.25) is 0 Å². The fourth-order valence-electron chi connectivity index (χ4n) is 1.71. The second kappa shape index (κ2) is 6.36. The first-order valence-corrected chi connectivity index (χ1v) is 7.09. The van der Waals surface area contributed by atoms with E-state index in [0.717, 1.165) is 13.0 Å². The summed E-state index contributed by atoms with van der Waals surface area (Å²) in [5.41, 5.74) is 1.02. The minimum Gasteiger partial charge on any atom is -0.369 e. The fourth-order valence-corrected chi connectivity index (χ4v) is 2.32. The van der Waals surface area contributed by atoms with Gasteiger partial charge in [0.25, 0.3) is 0 Å². The molecular weight excluding hydrogens is 319 g/mol. The molecule has 0 spiro atoms. The van der Waals surface area contributed by atoms with Crippen LogP contribution in [0.3, 0.4) is 0 Å². The normalized spacial score (nSPS) is 10.3. The number of aromatic nitrogens is 2. The first-order valence-electron chi connectivity index (χ1n) is 5.96. The number of nitrogens with zero attached hydrogens (tertiary/aromatic N) is 3. The zero-order chi connectivity index (χ0) is 14.7. The van der Waals surface area contributed by atoms with E-state index in [2.05, 4.69) is 16.5 Å². The van der Waals surface area contributed by atoms with E-state index in [9.17, 15) is 0 Å². The summed E-state index contributed by atoms with van der Waals surface area (Å²) in [6.45, 7) is 2.76. The van der Waals surface area contributed by atoms with Crippen LogP contribution in [0.5, 0.6) is 0 Å². The Kier molecular flexibility index (Phi) is 4.77. The van der Waals surface area contributed by atoms with E-state index in [4.69, 9.17) is 40.1 Å². The molecule has 0 bridgehead atoms. The van der Waals surface area contributed by atoms with Gasteiger partial charge in [0.15, 0.2) is 0 Å². The minimum atomic E-state index is 0.265. The van der Waals surface area contributed by atoms with Gasteiger partial charge in [0.05, 0.1) is 27.0 Å². The van der Waals surface area contributed by atoms with Crippen molar-refractivity contribution < 1.29 is 0 Å². The van der Waals surface area contributed by atoms with Crippen LogP contribution in [0.2, 0.25) is 15.1 Å². The molecule has 104 valence electrons. The van der Waals surface area contributed by atoms with E-state index in [1.165, 1.54) is 6.20 Å². The number of hydrogen-bond donors (Lipinski definition) is 1. The first kappa shape index (κ1) is 15.0. The molecule has 1 aromatic carbocycles. The Hall–Kier alpha value is -1.41. The molecule has 1 heterocycles. The maximum Gasteiger partial charge on any atom is 0.147 e. The molecule has 0 aliphatic heterocycles. The fraction of sp³-hybridized carbons (Fsp3) is 0.231. The van der Waals surface area contributed by atoms with E-state index >= 15 is 0 Å². The maximum atomic E-state index is 9.12. The van der Waals surface area contributed by atoms with Crippen molar-refractivity contribution in [2.24, 2.45) is 0 Å². The summed E-state index contributed by atoms with van der Waals surface area (Å²) < 4.78 is 1.55. The minimum absolute atomic E-state index is 0.265. The molecular formula is C13H11Cl3N4. The van der Waals surface area contributed by atoms with Gasteiger partial charge in [-0.05, 0) is 18.6 Å². The van der Waals surface area contributed by atoms with E-state index in [-0.39, 0.29) is 5.02 Å². The third kappa shape index (κ3) is 2.71. The van der Waals surface area contributed by atoms with Gasteiger partial charge in [0.2, 0.25) is 0 Å². The summed E-state index contributed by atoms with van der Waals surface area (Å²) in [5, 5.41) is 17.4. The van der Waals surface area contributed by atoms with Crippen LogP contribution in [0.1, 0.15) is 18.9 Å². The molecule has 0 aliphatic carbocycles. The van der Waals surface area contributed by atoms with Gasteiger partial charge in [-0.1, -0.05) is 41.7 Å². The highest BCUT2D eigenvalue weighted by Crippen LogP contribution is 2.35. The van der Waals surface area contributed by atoms with E-state index in [1.807, 2.05) is 6.92 Å². The summed E-state index contributed by atoms with van der Waals surface area (Å²) in [5.74, 6) is 0.592. The van der Waals surface area contributed by atoms with Crippen molar-refractivity contribution in [3.63, 3.8) is 0 Å². The standard InChI is InChI=1S/C13H11Cl3N4/c1-2-5-18-13-8(6-17)7-19-20(13)10-4-3-9(14)11(15)12(10)16/h3-4,7,18H,2,5H2,1H3. The lowest BCUT2D eigenvalue weighted by atomic mass is 10.3. The van der Waals surface area contributed by atoms with Crippen LogP contribution in [-0.2, 0) is 0 Å². The number of hydrogen-bond acceptors (Lipinski definition) is 3. The van der Waals surface area contributed by atoms with Crippen molar-refractivity contribution in [2.75, 3.05) is 11.9 Å².